The molecule has 0 aromatic heterocycles. The number of unbranched alkanes of at least 4 members (excludes halogenated alkanes) is 22. The van der Waals surface area contributed by atoms with Crippen LogP contribution in [0, 0.1) is 0 Å². The van der Waals surface area contributed by atoms with Gasteiger partial charge in [0.1, 0.15) is 0 Å². The van der Waals surface area contributed by atoms with Gasteiger partial charge in [-0.15, -0.1) is 0 Å². The van der Waals surface area contributed by atoms with Crippen LogP contribution < -0.4 is 10.2 Å². The van der Waals surface area contributed by atoms with Crippen LogP contribution in [0.25, 0.3) is 0 Å². The van der Waals surface area contributed by atoms with Gasteiger partial charge in [0, 0.05) is 11.9 Å². The largest absolute Gasteiger partial charge is 2.00 e. The molecule has 0 aromatic rings. The van der Waals surface area contributed by atoms with Crippen LogP contribution in [-0.2, 0) is 26.4 Å². The van der Waals surface area contributed by atoms with Crippen LogP contribution in [0.15, 0.2) is 0 Å². The molecule has 0 N–H and O–H groups in total. The molecular formula is C30H58CoO4. The number of carbonyl (C=O) groups excluding carboxylic acids is 2. The summed E-state index contributed by atoms with van der Waals surface area (Å²) in [5, 5.41) is 20.3. The van der Waals surface area contributed by atoms with Gasteiger partial charge in [-0.3, -0.25) is 0 Å². The van der Waals surface area contributed by atoms with Gasteiger partial charge in [0.2, 0.25) is 0 Å². The summed E-state index contributed by atoms with van der Waals surface area (Å²) in [4.78, 5) is 20.3. The Morgan fingerprint density at radius 3 is 0.714 bits per heavy atom. The van der Waals surface area contributed by atoms with Crippen molar-refractivity contribution >= 4 is 11.9 Å². The standard InChI is InChI=1S/C18H36O2.C12H24O2.Co/c1-2-3-4-5-6-7-8-9-10-11-12-13-14-15-16-17-18(19)20;1-2-3-4-5-6-7-8-9-10-11-12(13)14;/h2-17H2,1H3,(H,19,20);2-11H2,1H3,(H,13,14);/q;;+2/p-2. The van der Waals surface area contributed by atoms with Crippen molar-refractivity contribution in [3.63, 3.8) is 0 Å². The average Bonchev–Trinajstić information content (AvgIpc) is 2.80. The number of hydrogen-bond acceptors (Lipinski definition) is 4. The van der Waals surface area contributed by atoms with Crippen molar-refractivity contribution in [2.24, 2.45) is 0 Å². The van der Waals surface area contributed by atoms with Gasteiger partial charge in [-0.05, 0) is 25.7 Å². The van der Waals surface area contributed by atoms with Crippen LogP contribution in [0.5, 0.6) is 0 Å². The summed E-state index contributed by atoms with van der Waals surface area (Å²) in [7, 11) is 0. The molecule has 35 heavy (non-hydrogen) atoms. The van der Waals surface area contributed by atoms with Crippen LogP contribution in [0.3, 0.4) is 0 Å². The SMILES string of the molecule is CCCCCCCCCCCC(=O)[O-].CCCCCCCCCCCCCCCCCC(=O)[O-].[Co+2]. The van der Waals surface area contributed by atoms with Crippen molar-refractivity contribution < 1.29 is 36.6 Å². The van der Waals surface area contributed by atoms with Crippen molar-refractivity contribution in [1.29, 1.82) is 0 Å². The van der Waals surface area contributed by atoms with E-state index in [9.17, 15) is 19.8 Å². The van der Waals surface area contributed by atoms with E-state index in [0.29, 0.717) is 0 Å². The average molecular weight is 542 g/mol. The molecule has 5 heteroatoms. The fourth-order valence-corrected chi connectivity index (χ4v) is 4.22. The Hall–Kier alpha value is -0.554. The predicted molar refractivity (Wildman–Crippen MR) is 141 cm³/mol. The number of carbonyl (C=O) groups is 2. The summed E-state index contributed by atoms with van der Waals surface area (Å²) in [5.41, 5.74) is 0. The van der Waals surface area contributed by atoms with E-state index in [2.05, 4.69) is 13.8 Å². The Bertz CT molecular complexity index is 415. The van der Waals surface area contributed by atoms with Crippen LogP contribution in [-0.4, -0.2) is 11.9 Å². The van der Waals surface area contributed by atoms with E-state index in [1.54, 1.807) is 0 Å². The van der Waals surface area contributed by atoms with E-state index in [1.165, 1.54) is 128 Å². The topological polar surface area (TPSA) is 80.3 Å². The first-order chi connectivity index (χ1) is 16.5. The molecule has 0 saturated carbocycles. The Balaban J connectivity index is -0.000000603. The summed E-state index contributed by atoms with van der Waals surface area (Å²) in [6.45, 7) is 4.49. The molecule has 0 amide bonds. The van der Waals surface area contributed by atoms with Crippen molar-refractivity contribution in [3.8, 4) is 0 Å². The molecule has 0 spiro atoms. The smallest absolute Gasteiger partial charge is 0.550 e. The molecule has 4 nitrogen and oxygen atoms in total. The van der Waals surface area contributed by atoms with Crippen molar-refractivity contribution in [2.75, 3.05) is 0 Å². The minimum atomic E-state index is -0.909. The van der Waals surface area contributed by atoms with Crippen LogP contribution in [0.2, 0.25) is 0 Å². The molecule has 0 saturated heterocycles. The Morgan fingerprint density at radius 2 is 0.543 bits per heavy atom. The minimum Gasteiger partial charge on any atom is -0.550 e. The van der Waals surface area contributed by atoms with E-state index in [-0.39, 0.29) is 29.6 Å². The van der Waals surface area contributed by atoms with Crippen molar-refractivity contribution in [1.82, 2.24) is 0 Å². The number of carboxylic acid groups (broad SMARTS) is 2. The molecule has 0 bridgehead atoms. The van der Waals surface area contributed by atoms with Crippen LogP contribution in [0.1, 0.15) is 181 Å². The molecular weight excluding hydrogens is 483 g/mol. The Kier molecular flexibility index (Phi) is 39.6. The summed E-state index contributed by atoms with van der Waals surface area (Å²) in [6, 6.07) is 0. The normalized spacial score (nSPS) is 10.3. The molecule has 0 aromatic carbocycles. The van der Waals surface area contributed by atoms with Gasteiger partial charge in [0.15, 0.2) is 0 Å². The maximum atomic E-state index is 10.2. The molecule has 211 valence electrons. The maximum Gasteiger partial charge on any atom is 2.00 e. The van der Waals surface area contributed by atoms with Crippen LogP contribution in [0.4, 0.5) is 0 Å². The molecule has 0 aliphatic rings. The third-order valence-electron chi connectivity index (χ3n) is 6.47. The van der Waals surface area contributed by atoms with Crippen molar-refractivity contribution in [2.45, 2.75) is 181 Å². The van der Waals surface area contributed by atoms with E-state index in [4.69, 9.17) is 0 Å². The second-order valence-electron chi connectivity index (χ2n) is 10.0. The molecule has 0 aliphatic heterocycles. The van der Waals surface area contributed by atoms with E-state index in [1.807, 2.05) is 0 Å². The zero-order valence-corrected chi connectivity index (χ0v) is 24.4. The second-order valence-corrected chi connectivity index (χ2v) is 10.0. The second kappa shape index (κ2) is 35.6. The number of aliphatic carboxylic acids is 2. The van der Waals surface area contributed by atoms with Gasteiger partial charge in [-0.1, -0.05) is 155 Å². The molecule has 0 unspecified atom stereocenters. The molecule has 0 rings (SSSR count). The van der Waals surface area contributed by atoms with E-state index >= 15 is 0 Å². The van der Waals surface area contributed by atoms with Crippen molar-refractivity contribution in [3.05, 3.63) is 0 Å². The fourth-order valence-electron chi connectivity index (χ4n) is 4.22. The van der Waals surface area contributed by atoms with E-state index in [0.717, 1.165) is 25.7 Å². The first kappa shape index (κ1) is 39.0. The fraction of sp³-hybridized carbons (Fsp3) is 0.933. The number of hydrogen-bond donors (Lipinski definition) is 0. The zero-order valence-electron chi connectivity index (χ0n) is 23.4. The molecule has 0 fully saturated rings. The number of carboxylic acids is 2. The first-order valence-electron chi connectivity index (χ1n) is 14.9. The monoisotopic (exact) mass is 541 g/mol. The molecule has 0 atom stereocenters. The van der Waals surface area contributed by atoms with Gasteiger partial charge in [-0.2, -0.15) is 0 Å². The Morgan fingerprint density at radius 1 is 0.371 bits per heavy atom. The summed E-state index contributed by atoms with van der Waals surface area (Å²) >= 11 is 0. The predicted octanol–water partition coefficient (Wildman–Crippen LogP) is 7.65. The molecule has 0 aliphatic carbocycles. The number of rotatable bonds is 26. The van der Waals surface area contributed by atoms with Gasteiger partial charge in [0.25, 0.3) is 0 Å². The summed E-state index contributed by atoms with van der Waals surface area (Å²) < 4.78 is 0. The van der Waals surface area contributed by atoms with Gasteiger partial charge in [0.05, 0.1) is 0 Å². The van der Waals surface area contributed by atoms with Gasteiger partial charge >= 0.3 is 16.8 Å². The summed E-state index contributed by atoms with van der Waals surface area (Å²) in [6.07, 6.45) is 31.0. The third kappa shape index (κ3) is 43.9. The first-order valence-corrected chi connectivity index (χ1v) is 14.9. The minimum absolute atomic E-state index is 0. The quantitative estimate of drug-likeness (QED) is 0.105. The maximum absolute atomic E-state index is 10.2. The van der Waals surface area contributed by atoms with Crippen LogP contribution >= 0.6 is 0 Å². The van der Waals surface area contributed by atoms with E-state index < -0.39 is 11.9 Å². The molecule has 1 radical (unpaired) electrons. The molecule has 0 heterocycles. The third-order valence-corrected chi connectivity index (χ3v) is 6.47. The summed E-state index contributed by atoms with van der Waals surface area (Å²) in [5.74, 6) is -1.81. The van der Waals surface area contributed by atoms with Gasteiger partial charge in [-0.25, -0.2) is 0 Å². The zero-order chi connectivity index (χ0) is 25.5. The Labute approximate surface area is 229 Å². The van der Waals surface area contributed by atoms with Gasteiger partial charge < -0.3 is 19.8 Å².